The van der Waals surface area contributed by atoms with Gasteiger partial charge in [-0.2, -0.15) is 9.67 Å². The van der Waals surface area contributed by atoms with Crippen LogP contribution in [0, 0.1) is 0 Å². The highest BCUT2D eigenvalue weighted by molar-refractivity contribution is 5.88. The minimum atomic E-state index is -0.129. The van der Waals surface area contributed by atoms with Crippen molar-refractivity contribution in [3.8, 4) is 0 Å². The van der Waals surface area contributed by atoms with Crippen molar-refractivity contribution in [3.63, 3.8) is 0 Å². The van der Waals surface area contributed by atoms with E-state index >= 15 is 0 Å². The molecular weight excluding hydrogens is 206 g/mol. The maximum absolute atomic E-state index is 11.5. The van der Waals surface area contributed by atoms with Gasteiger partial charge in [0.25, 0.3) is 0 Å². The lowest BCUT2D eigenvalue weighted by atomic mass is 10.3. The Morgan fingerprint density at radius 3 is 2.94 bits per heavy atom. The third-order valence-electron chi connectivity index (χ3n) is 2.25. The summed E-state index contributed by atoms with van der Waals surface area (Å²) in [6, 6.07) is 5.67. The Morgan fingerprint density at radius 1 is 1.44 bits per heavy atom. The van der Waals surface area contributed by atoms with Gasteiger partial charge in [-0.15, -0.1) is 0 Å². The highest BCUT2D eigenvalue weighted by atomic mass is 16.5. The summed E-state index contributed by atoms with van der Waals surface area (Å²) >= 11 is 0. The number of nitrogens with zero attached hydrogens (tertiary/aromatic N) is 2. The molecule has 1 aromatic rings. The second-order valence-electron chi connectivity index (χ2n) is 3.56. The first-order chi connectivity index (χ1) is 7.84. The SMILES string of the molecule is O=C(C[n+]1ccccc1)N/N=C1\CCOC1. The van der Waals surface area contributed by atoms with Crippen LogP contribution in [-0.4, -0.2) is 24.8 Å². The van der Waals surface area contributed by atoms with Crippen LogP contribution in [0.15, 0.2) is 35.7 Å². The van der Waals surface area contributed by atoms with Gasteiger partial charge in [0.05, 0.1) is 18.9 Å². The van der Waals surface area contributed by atoms with Crippen molar-refractivity contribution in [3.05, 3.63) is 30.6 Å². The highest BCUT2D eigenvalue weighted by Gasteiger charge is 2.11. The van der Waals surface area contributed by atoms with Crippen LogP contribution in [-0.2, 0) is 16.1 Å². The van der Waals surface area contributed by atoms with Gasteiger partial charge in [0.2, 0.25) is 6.54 Å². The Morgan fingerprint density at radius 2 is 2.25 bits per heavy atom. The molecule has 2 rings (SSSR count). The van der Waals surface area contributed by atoms with Gasteiger partial charge in [-0.25, -0.2) is 5.43 Å². The third-order valence-corrected chi connectivity index (χ3v) is 2.25. The van der Waals surface area contributed by atoms with E-state index in [1.807, 2.05) is 30.6 Å². The zero-order valence-corrected chi connectivity index (χ0v) is 8.93. The largest absolute Gasteiger partial charge is 0.375 e. The summed E-state index contributed by atoms with van der Waals surface area (Å²) < 4.78 is 6.91. The van der Waals surface area contributed by atoms with Gasteiger partial charge >= 0.3 is 5.91 Å². The molecule has 0 aromatic carbocycles. The second kappa shape index (κ2) is 5.37. The summed E-state index contributed by atoms with van der Waals surface area (Å²) in [5.74, 6) is -0.129. The summed E-state index contributed by atoms with van der Waals surface area (Å²) in [5, 5.41) is 4.00. The van der Waals surface area contributed by atoms with E-state index in [9.17, 15) is 4.79 Å². The number of hydrogen-bond acceptors (Lipinski definition) is 3. The van der Waals surface area contributed by atoms with E-state index in [4.69, 9.17) is 4.74 Å². The number of nitrogens with one attached hydrogen (secondary N) is 1. The maximum Gasteiger partial charge on any atom is 0.305 e. The lowest BCUT2D eigenvalue weighted by molar-refractivity contribution is -0.684. The number of carbonyl (C=O) groups excluding carboxylic acids is 1. The monoisotopic (exact) mass is 220 g/mol. The average Bonchev–Trinajstić information content (AvgIpc) is 2.81. The van der Waals surface area contributed by atoms with Crippen LogP contribution in [0.2, 0.25) is 0 Å². The van der Waals surface area contributed by atoms with Crippen LogP contribution >= 0.6 is 0 Å². The molecule has 0 unspecified atom stereocenters. The standard InChI is InChI=1S/C11H13N3O2/c15-11(8-14-5-2-1-3-6-14)13-12-10-4-7-16-9-10/h1-3,5-6H,4,7-9H2/p+1/b12-10+. The van der Waals surface area contributed by atoms with Gasteiger partial charge in [0, 0.05) is 18.6 Å². The van der Waals surface area contributed by atoms with Crippen LogP contribution < -0.4 is 9.99 Å². The molecule has 0 spiro atoms. The van der Waals surface area contributed by atoms with Crippen molar-refractivity contribution < 1.29 is 14.1 Å². The van der Waals surface area contributed by atoms with Crippen LogP contribution in [0.1, 0.15) is 6.42 Å². The molecule has 1 aliphatic heterocycles. The normalized spacial score (nSPS) is 17.6. The van der Waals surface area contributed by atoms with Gasteiger partial charge in [0.1, 0.15) is 0 Å². The number of amides is 1. The Balaban J connectivity index is 1.82. The molecule has 0 aliphatic carbocycles. The van der Waals surface area contributed by atoms with Crippen molar-refractivity contribution in [2.24, 2.45) is 5.10 Å². The molecule has 1 amide bonds. The molecule has 1 N–H and O–H groups in total. The van der Waals surface area contributed by atoms with Crippen LogP contribution in [0.5, 0.6) is 0 Å². The van der Waals surface area contributed by atoms with E-state index in [0.717, 1.165) is 12.1 Å². The fraction of sp³-hybridized carbons (Fsp3) is 0.364. The Hall–Kier alpha value is -1.75. The molecule has 1 aromatic heterocycles. The Bertz CT molecular complexity index is 381. The highest BCUT2D eigenvalue weighted by Crippen LogP contribution is 1.97. The predicted octanol–water partition coefficient (Wildman–Crippen LogP) is -0.133. The molecule has 0 saturated carbocycles. The average molecular weight is 220 g/mol. The number of hydrazone groups is 1. The molecule has 0 radical (unpaired) electrons. The molecule has 84 valence electrons. The van der Waals surface area contributed by atoms with E-state index in [1.54, 1.807) is 4.57 Å². The molecule has 0 atom stereocenters. The van der Waals surface area contributed by atoms with E-state index in [2.05, 4.69) is 10.5 Å². The van der Waals surface area contributed by atoms with Gasteiger partial charge in [-0.1, -0.05) is 6.07 Å². The molecule has 1 aliphatic rings. The van der Waals surface area contributed by atoms with Gasteiger partial charge in [-0.3, -0.25) is 4.79 Å². The second-order valence-corrected chi connectivity index (χ2v) is 3.56. The lowest BCUT2D eigenvalue weighted by Gasteiger charge is -1.97. The van der Waals surface area contributed by atoms with Crippen molar-refractivity contribution >= 4 is 11.6 Å². The summed E-state index contributed by atoms with van der Waals surface area (Å²) in [6.07, 6.45) is 4.48. The molecule has 2 heterocycles. The third kappa shape index (κ3) is 3.13. The minimum absolute atomic E-state index is 0.129. The molecule has 5 nitrogen and oxygen atoms in total. The van der Waals surface area contributed by atoms with E-state index in [0.29, 0.717) is 13.2 Å². The smallest absolute Gasteiger partial charge is 0.305 e. The number of carbonyl (C=O) groups is 1. The van der Waals surface area contributed by atoms with E-state index < -0.39 is 0 Å². The van der Waals surface area contributed by atoms with Crippen molar-refractivity contribution in [1.29, 1.82) is 0 Å². The summed E-state index contributed by atoms with van der Waals surface area (Å²) in [4.78, 5) is 11.5. The first-order valence-corrected chi connectivity index (χ1v) is 5.21. The lowest BCUT2D eigenvalue weighted by Crippen LogP contribution is -2.41. The topological polar surface area (TPSA) is 54.6 Å². The van der Waals surface area contributed by atoms with Crippen LogP contribution in [0.25, 0.3) is 0 Å². The summed E-state index contributed by atoms with van der Waals surface area (Å²) in [6.45, 7) is 1.50. The Kier molecular flexibility index (Phi) is 3.61. The number of aromatic nitrogens is 1. The van der Waals surface area contributed by atoms with Gasteiger partial charge < -0.3 is 4.74 Å². The maximum atomic E-state index is 11.5. The Labute approximate surface area is 93.7 Å². The number of hydrogen-bond donors (Lipinski definition) is 1. The molecule has 1 saturated heterocycles. The predicted molar refractivity (Wildman–Crippen MR) is 57.7 cm³/mol. The first-order valence-electron chi connectivity index (χ1n) is 5.21. The van der Waals surface area contributed by atoms with Crippen molar-refractivity contribution in [2.75, 3.05) is 13.2 Å². The molecular formula is C11H14N3O2+. The fourth-order valence-electron chi connectivity index (χ4n) is 1.42. The van der Waals surface area contributed by atoms with Crippen molar-refractivity contribution in [2.45, 2.75) is 13.0 Å². The number of pyridine rings is 1. The molecule has 1 fully saturated rings. The molecule has 16 heavy (non-hydrogen) atoms. The zero-order chi connectivity index (χ0) is 11.2. The number of rotatable bonds is 3. The molecule has 0 bridgehead atoms. The molecule has 5 heteroatoms. The summed E-state index contributed by atoms with van der Waals surface area (Å²) in [7, 11) is 0. The van der Waals surface area contributed by atoms with E-state index in [-0.39, 0.29) is 12.5 Å². The van der Waals surface area contributed by atoms with Crippen LogP contribution in [0.3, 0.4) is 0 Å². The van der Waals surface area contributed by atoms with Gasteiger partial charge in [0.15, 0.2) is 12.4 Å². The van der Waals surface area contributed by atoms with E-state index in [1.165, 1.54) is 0 Å². The zero-order valence-electron chi connectivity index (χ0n) is 8.93. The quantitative estimate of drug-likeness (QED) is 0.569. The summed E-state index contributed by atoms with van der Waals surface area (Å²) in [5.41, 5.74) is 3.42. The first kappa shape index (κ1) is 10.8. The van der Waals surface area contributed by atoms with Gasteiger partial charge in [-0.05, 0) is 0 Å². The minimum Gasteiger partial charge on any atom is -0.375 e. The van der Waals surface area contributed by atoms with Crippen LogP contribution in [0.4, 0.5) is 0 Å². The van der Waals surface area contributed by atoms with Crippen molar-refractivity contribution in [1.82, 2.24) is 5.43 Å². The fourth-order valence-corrected chi connectivity index (χ4v) is 1.42. The number of ether oxygens (including phenoxy) is 1.